The molecular weight excluding hydrogens is 342 g/mol. The number of rotatable bonds is 9. The minimum atomic E-state index is -3.63. The monoisotopic (exact) mass is 365 g/mol. The normalized spacial score (nSPS) is 15.7. The molecule has 2 atom stereocenters. The molecule has 0 aliphatic rings. The van der Waals surface area contributed by atoms with Gasteiger partial charge in [0.2, 0.25) is 0 Å². The van der Waals surface area contributed by atoms with E-state index in [1.54, 1.807) is 32.0 Å². The van der Waals surface area contributed by atoms with E-state index in [4.69, 9.17) is 14.0 Å². The highest BCUT2D eigenvalue weighted by Crippen LogP contribution is 2.33. The van der Waals surface area contributed by atoms with Crippen molar-refractivity contribution in [1.29, 1.82) is 0 Å². The average Bonchev–Trinajstić information content (AvgIpc) is 2.49. The van der Waals surface area contributed by atoms with E-state index in [-0.39, 0.29) is 13.2 Å². The van der Waals surface area contributed by atoms with Crippen LogP contribution >= 0.6 is 0 Å². The van der Waals surface area contributed by atoms with Crippen LogP contribution in [0.25, 0.3) is 0 Å². The van der Waals surface area contributed by atoms with Crippen LogP contribution in [0.5, 0.6) is 11.5 Å². The highest BCUT2D eigenvalue weighted by atomic mass is 32.9. The fourth-order valence-electron chi connectivity index (χ4n) is 2.06. The van der Waals surface area contributed by atoms with Crippen molar-refractivity contribution < 1.29 is 27.5 Å². The van der Waals surface area contributed by atoms with E-state index in [9.17, 15) is 9.32 Å². The third kappa shape index (κ3) is 6.21. The van der Waals surface area contributed by atoms with Crippen LogP contribution in [-0.4, -0.2) is 46.8 Å². The number of benzene rings is 1. The maximum Gasteiger partial charge on any atom is 0.266 e. The summed E-state index contributed by atoms with van der Waals surface area (Å²) in [6.45, 7) is 3.82. The lowest BCUT2D eigenvalue weighted by atomic mass is 9.91. The van der Waals surface area contributed by atoms with Gasteiger partial charge in [-0.1, -0.05) is 6.07 Å². The minimum absolute atomic E-state index is 0.0408. The van der Waals surface area contributed by atoms with Crippen LogP contribution in [0.3, 0.4) is 0 Å². The summed E-state index contributed by atoms with van der Waals surface area (Å²) in [6, 6.07) is 5.16. The van der Waals surface area contributed by atoms with Crippen molar-refractivity contribution in [3.63, 3.8) is 0 Å². The zero-order chi connectivity index (χ0) is 17.7. The van der Waals surface area contributed by atoms with Crippen molar-refractivity contribution in [3.8, 4) is 11.5 Å². The molecule has 23 heavy (non-hydrogen) atoms. The lowest BCUT2D eigenvalue weighted by Gasteiger charge is -2.32. The van der Waals surface area contributed by atoms with E-state index in [0.717, 1.165) is 0 Å². The Kier molecular flexibility index (Phi) is 7.18. The second kappa shape index (κ2) is 8.22. The van der Waals surface area contributed by atoms with Gasteiger partial charge in [-0.2, -0.15) is 4.21 Å². The van der Waals surface area contributed by atoms with E-state index < -0.39 is 20.7 Å². The fraction of sp³-hybridized carbons (Fsp3) is 0.571. The molecule has 132 valence electrons. The van der Waals surface area contributed by atoms with Gasteiger partial charge in [-0.05, 0) is 31.5 Å². The lowest BCUT2D eigenvalue weighted by molar-refractivity contribution is 0.0775. The maximum absolute atomic E-state index is 10.8. The summed E-state index contributed by atoms with van der Waals surface area (Å²) < 4.78 is 34.7. The van der Waals surface area contributed by atoms with E-state index in [0.29, 0.717) is 17.1 Å². The van der Waals surface area contributed by atoms with Crippen LogP contribution in [0.2, 0.25) is 0 Å². The molecule has 1 unspecified atom stereocenters. The first kappa shape index (κ1) is 20.1. The van der Waals surface area contributed by atoms with Crippen molar-refractivity contribution in [1.82, 2.24) is 5.32 Å². The molecule has 0 amide bonds. The fourth-order valence-corrected chi connectivity index (χ4v) is 2.55. The Balaban J connectivity index is 2.75. The van der Waals surface area contributed by atoms with Gasteiger partial charge in [0.05, 0.1) is 26.9 Å². The Labute approximate surface area is 141 Å². The van der Waals surface area contributed by atoms with Crippen LogP contribution in [0.4, 0.5) is 0 Å². The molecule has 3 N–H and O–H groups in total. The van der Waals surface area contributed by atoms with Gasteiger partial charge in [-0.3, -0.25) is 8.74 Å². The quantitative estimate of drug-likeness (QED) is 0.563. The number of ether oxygens (including phenoxy) is 2. The van der Waals surface area contributed by atoms with Gasteiger partial charge < -0.3 is 19.9 Å². The van der Waals surface area contributed by atoms with Gasteiger partial charge in [0.25, 0.3) is 9.05 Å². The molecule has 0 saturated heterocycles. The maximum atomic E-state index is 10.8. The number of hydrogen-bond acceptors (Lipinski definition) is 7. The molecular formula is C14H23NO6S2. The summed E-state index contributed by atoms with van der Waals surface area (Å²) in [5.74, 6) is 1.10. The van der Waals surface area contributed by atoms with Gasteiger partial charge in [0.1, 0.15) is 0 Å². The smallest absolute Gasteiger partial charge is 0.266 e. The Hall–Kier alpha value is -0.970. The van der Waals surface area contributed by atoms with Gasteiger partial charge >= 0.3 is 0 Å². The standard InChI is InChI=1S/C14H23NO6S2/c1-14(2,15-7-8-21-23(17,18)22)13(16)10-5-6-11(19-3)12(9-10)20-4/h5-6,9,13,15-16H,7-8H2,1-4H3,(H,17,18,22)/t13-/m0/s1. The van der Waals surface area contributed by atoms with E-state index in [1.807, 2.05) is 0 Å². The third-order valence-electron chi connectivity index (χ3n) is 3.32. The van der Waals surface area contributed by atoms with Crippen molar-refractivity contribution in [2.45, 2.75) is 25.5 Å². The van der Waals surface area contributed by atoms with E-state index >= 15 is 0 Å². The number of hydrogen-bond donors (Lipinski definition) is 3. The van der Waals surface area contributed by atoms with Crippen LogP contribution in [0, 0.1) is 0 Å². The molecule has 0 aromatic heterocycles. The average molecular weight is 365 g/mol. The molecule has 0 fully saturated rings. The molecule has 0 aliphatic carbocycles. The van der Waals surface area contributed by atoms with Gasteiger partial charge in [0.15, 0.2) is 11.5 Å². The lowest BCUT2D eigenvalue weighted by Crippen LogP contribution is -2.46. The zero-order valence-electron chi connectivity index (χ0n) is 13.6. The van der Waals surface area contributed by atoms with Gasteiger partial charge in [-0.15, -0.1) is 0 Å². The largest absolute Gasteiger partial charge is 0.493 e. The molecule has 0 bridgehead atoms. The molecule has 1 rings (SSSR count). The first-order valence-electron chi connectivity index (χ1n) is 6.87. The van der Waals surface area contributed by atoms with Crippen molar-refractivity contribution in [2.75, 3.05) is 27.4 Å². The Bertz CT molecular complexity index is 618. The second-order valence-corrected chi connectivity index (χ2v) is 7.77. The molecule has 9 heteroatoms. The molecule has 1 aromatic rings. The number of aliphatic hydroxyl groups excluding tert-OH is 1. The Morgan fingerprint density at radius 3 is 2.43 bits per heavy atom. The van der Waals surface area contributed by atoms with Crippen LogP contribution in [0.15, 0.2) is 18.2 Å². The first-order chi connectivity index (χ1) is 10.6. The second-order valence-electron chi connectivity index (χ2n) is 5.42. The third-order valence-corrected chi connectivity index (χ3v) is 4.08. The summed E-state index contributed by atoms with van der Waals surface area (Å²) in [6.07, 6.45) is -0.843. The molecule has 0 heterocycles. The van der Waals surface area contributed by atoms with Crippen LogP contribution in [-0.2, 0) is 24.4 Å². The Morgan fingerprint density at radius 2 is 1.91 bits per heavy atom. The van der Waals surface area contributed by atoms with Gasteiger partial charge in [0, 0.05) is 23.3 Å². The van der Waals surface area contributed by atoms with Gasteiger partial charge in [-0.25, -0.2) is 0 Å². The highest BCUT2D eigenvalue weighted by molar-refractivity contribution is 8.27. The summed E-state index contributed by atoms with van der Waals surface area (Å²) in [5, 5.41) is 13.6. The predicted octanol–water partition coefficient (Wildman–Crippen LogP) is 1.26. The van der Waals surface area contributed by atoms with Crippen molar-refractivity contribution >= 4 is 20.2 Å². The first-order valence-corrected chi connectivity index (χ1v) is 9.24. The molecule has 7 nitrogen and oxygen atoms in total. The zero-order valence-corrected chi connectivity index (χ0v) is 15.2. The summed E-state index contributed by atoms with van der Waals surface area (Å²) >= 11 is 4.23. The minimum Gasteiger partial charge on any atom is -0.493 e. The summed E-state index contributed by atoms with van der Waals surface area (Å²) in [5.41, 5.74) is -0.0592. The molecule has 0 aliphatic heterocycles. The highest BCUT2D eigenvalue weighted by Gasteiger charge is 2.29. The SMILES string of the molecule is COc1ccc([C@H](O)C(C)(C)NCCOS(=O)(O)=S)cc1OC. The van der Waals surface area contributed by atoms with Crippen LogP contribution in [0.1, 0.15) is 25.5 Å². The summed E-state index contributed by atoms with van der Waals surface area (Å²) in [7, 11) is -0.567. The Morgan fingerprint density at radius 1 is 1.30 bits per heavy atom. The molecule has 0 radical (unpaired) electrons. The molecule has 1 aromatic carbocycles. The number of aliphatic hydroxyl groups is 1. The van der Waals surface area contributed by atoms with E-state index in [1.165, 1.54) is 14.2 Å². The van der Waals surface area contributed by atoms with Crippen LogP contribution < -0.4 is 14.8 Å². The number of nitrogens with one attached hydrogen (secondary N) is 1. The van der Waals surface area contributed by atoms with E-state index in [2.05, 4.69) is 20.7 Å². The molecule has 0 saturated carbocycles. The van der Waals surface area contributed by atoms with Crippen molar-refractivity contribution in [2.24, 2.45) is 0 Å². The topological polar surface area (TPSA) is 97.2 Å². The molecule has 0 spiro atoms. The van der Waals surface area contributed by atoms with Crippen molar-refractivity contribution in [3.05, 3.63) is 23.8 Å². The summed E-state index contributed by atoms with van der Waals surface area (Å²) in [4.78, 5) is 0. The predicted molar refractivity (Wildman–Crippen MR) is 90.7 cm³/mol. The number of methoxy groups -OCH3 is 2.